The number of allylic oxidation sites excluding steroid dienone is 1. The Bertz CT molecular complexity index is 682. The molecule has 0 saturated carbocycles. The lowest BCUT2D eigenvalue weighted by molar-refractivity contribution is -0.163. The third-order valence-corrected chi connectivity index (χ3v) is 5.66. The Morgan fingerprint density at radius 3 is 2.68 bits per heavy atom. The van der Waals surface area contributed by atoms with E-state index >= 15 is 0 Å². The van der Waals surface area contributed by atoms with Crippen LogP contribution in [0.3, 0.4) is 0 Å². The van der Waals surface area contributed by atoms with Crippen LogP contribution in [0, 0.1) is 17.2 Å². The molecule has 25 heavy (non-hydrogen) atoms. The second-order valence-corrected chi connectivity index (χ2v) is 7.21. The lowest BCUT2D eigenvalue weighted by Crippen LogP contribution is -2.63. The molecule has 0 unspecified atom stereocenters. The Kier molecular flexibility index (Phi) is 4.45. The van der Waals surface area contributed by atoms with Crippen molar-refractivity contribution in [1.82, 2.24) is 9.80 Å². The molecule has 0 aliphatic carbocycles. The quantitative estimate of drug-likeness (QED) is 0.403. The summed E-state index contributed by atoms with van der Waals surface area (Å²) in [5, 5.41) is 27.3. The number of hydrogen-bond acceptors (Lipinski definition) is 4. The minimum Gasteiger partial charge on any atom is -0.477 e. The summed E-state index contributed by atoms with van der Waals surface area (Å²) in [4.78, 5) is 27.4. The van der Waals surface area contributed by atoms with Crippen molar-refractivity contribution in [3.8, 4) is 0 Å². The van der Waals surface area contributed by atoms with Gasteiger partial charge in [-0.3, -0.25) is 10.2 Å². The van der Waals surface area contributed by atoms with E-state index in [0.29, 0.717) is 11.4 Å². The molecule has 0 aromatic heterocycles. The molecule has 3 aliphatic heterocycles. The fourth-order valence-corrected chi connectivity index (χ4v) is 4.44. The molecule has 3 heterocycles. The van der Waals surface area contributed by atoms with Crippen LogP contribution in [0.4, 0.5) is 0 Å². The summed E-state index contributed by atoms with van der Waals surface area (Å²) < 4.78 is 0. The molecule has 0 radical (unpaired) electrons. The van der Waals surface area contributed by atoms with Crippen molar-refractivity contribution in [2.24, 2.45) is 11.8 Å². The van der Waals surface area contributed by atoms with E-state index in [9.17, 15) is 19.8 Å². The number of β-lactam (4-membered cyclic amide) rings is 1. The van der Waals surface area contributed by atoms with E-state index in [1.807, 2.05) is 24.0 Å². The lowest BCUT2D eigenvalue weighted by Gasteiger charge is -2.46. The van der Waals surface area contributed by atoms with Crippen LogP contribution in [0.1, 0.15) is 33.6 Å². The van der Waals surface area contributed by atoms with Gasteiger partial charge in [0.05, 0.1) is 23.9 Å². The summed E-state index contributed by atoms with van der Waals surface area (Å²) in [7, 11) is 0. The monoisotopic (exact) mass is 347 g/mol. The van der Waals surface area contributed by atoms with Crippen molar-refractivity contribution >= 4 is 17.7 Å². The first-order valence-corrected chi connectivity index (χ1v) is 8.74. The first-order chi connectivity index (χ1) is 11.8. The van der Waals surface area contributed by atoms with Crippen molar-refractivity contribution in [3.63, 3.8) is 0 Å². The number of carboxylic acid groups (broad SMARTS) is 1. The van der Waals surface area contributed by atoms with Crippen molar-refractivity contribution in [2.45, 2.75) is 51.8 Å². The highest BCUT2D eigenvalue weighted by molar-refractivity contribution is 6.00. The van der Waals surface area contributed by atoms with E-state index in [1.54, 1.807) is 13.8 Å². The van der Waals surface area contributed by atoms with E-state index < -0.39 is 18.0 Å². The van der Waals surface area contributed by atoms with Crippen molar-refractivity contribution in [1.29, 1.82) is 5.41 Å². The summed E-state index contributed by atoms with van der Waals surface area (Å²) in [6.07, 6.45) is 4.90. The molecule has 136 valence electrons. The van der Waals surface area contributed by atoms with Crippen LogP contribution in [-0.2, 0) is 9.59 Å². The average Bonchev–Trinajstić information content (AvgIpc) is 3.06. The molecule has 0 bridgehead atoms. The normalized spacial score (nSPS) is 33.0. The van der Waals surface area contributed by atoms with Gasteiger partial charge in [0.2, 0.25) is 5.91 Å². The predicted molar refractivity (Wildman–Crippen MR) is 91.9 cm³/mol. The predicted octanol–water partition coefficient (Wildman–Crippen LogP) is 1.20. The topological polar surface area (TPSA) is 105 Å². The summed E-state index contributed by atoms with van der Waals surface area (Å²) in [6.45, 7) is 6.07. The fraction of sp³-hybridized carbons (Fsp3) is 0.611. The maximum Gasteiger partial charge on any atom is 0.352 e. The summed E-state index contributed by atoms with van der Waals surface area (Å²) in [5.74, 6) is -1.60. The van der Waals surface area contributed by atoms with Gasteiger partial charge in [0.1, 0.15) is 5.70 Å². The van der Waals surface area contributed by atoms with Crippen LogP contribution < -0.4 is 0 Å². The molecule has 0 aromatic rings. The Labute approximate surface area is 147 Å². The number of carbonyl (C=O) groups is 2. The van der Waals surface area contributed by atoms with Gasteiger partial charge < -0.3 is 20.0 Å². The Balaban J connectivity index is 1.89. The number of fused-ring (bicyclic) bond motifs is 1. The number of amidine groups is 1. The van der Waals surface area contributed by atoms with Crippen LogP contribution in [0.5, 0.6) is 0 Å². The Hall–Kier alpha value is -2.15. The lowest BCUT2D eigenvalue weighted by atomic mass is 9.77. The van der Waals surface area contributed by atoms with Crippen LogP contribution in [0.2, 0.25) is 0 Å². The van der Waals surface area contributed by atoms with E-state index in [-0.39, 0.29) is 29.6 Å². The van der Waals surface area contributed by atoms with Crippen LogP contribution >= 0.6 is 0 Å². The molecule has 0 aromatic carbocycles. The molecule has 7 heteroatoms. The van der Waals surface area contributed by atoms with Gasteiger partial charge in [-0.05, 0) is 32.3 Å². The molecule has 0 spiro atoms. The third-order valence-electron chi connectivity index (χ3n) is 5.66. The molecule has 5 atom stereocenters. The number of carboxylic acids is 1. The highest BCUT2D eigenvalue weighted by atomic mass is 16.4. The fourth-order valence-electron chi connectivity index (χ4n) is 4.44. The van der Waals surface area contributed by atoms with Crippen LogP contribution in [0.25, 0.3) is 0 Å². The van der Waals surface area contributed by atoms with Gasteiger partial charge in [-0.1, -0.05) is 19.1 Å². The third kappa shape index (κ3) is 2.66. The number of rotatable bonds is 4. The van der Waals surface area contributed by atoms with Crippen LogP contribution in [0.15, 0.2) is 23.4 Å². The molecular formula is C18H25N3O4. The number of nitrogens with zero attached hydrogens (tertiary/aromatic N) is 2. The van der Waals surface area contributed by atoms with Crippen molar-refractivity contribution in [3.05, 3.63) is 23.4 Å². The molecular weight excluding hydrogens is 322 g/mol. The van der Waals surface area contributed by atoms with E-state index in [2.05, 4.69) is 0 Å². The number of aliphatic carboxylic acids is 1. The molecule has 3 aliphatic rings. The van der Waals surface area contributed by atoms with Gasteiger partial charge in [0.15, 0.2) is 0 Å². The van der Waals surface area contributed by atoms with Gasteiger partial charge in [-0.2, -0.15) is 0 Å². The first-order valence-electron chi connectivity index (χ1n) is 8.74. The molecule has 3 N–H and O–H groups in total. The largest absolute Gasteiger partial charge is 0.477 e. The number of carbonyl (C=O) groups excluding carboxylic acids is 1. The zero-order chi connectivity index (χ0) is 18.5. The number of aliphatic hydroxyl groups excluding tert-OH is 1. The summed E-state index contributed by atoms with van der Waals surface area (Å²) >= 11 is 0. The summed E-state index contributed by atoms with van der Waals surface area (Å²) in [5.41, 5.74) is 0.662. The number of aliphatic hydroxyl groups is 1. The zero-order valence-corrected chi connectivity index (χ0v) is 14.8. The Morgan fingerprint density at radius 1 is 1.44 bits per heavy atom. The molecule has 2 fully saturated rings. The maximum absolute atomic E-state index is 12.3. The van der Waals surface area contributed by atoms with Gasteiger partial charge in [0.25, 0.3) is 0 Å². The van der Waals surface area contributed by atoms with Crippen LogP contribution in [-0.4, -0.2) is 62.5 Å². The molecule has 2 saturated heterocycles. The standard InChI is InChI=1S/C18H25N3O4/c1-9-13(7-6-12-5-4-8-20(12)11(3)19)16(18(24)25)21-15(9)14(10(2)22)17(21)23/h6-7,9-10,12,14-15,19,22H,4-5,8H2,1-3H3,(H,24,25)/b7-6+,19-11?/t9-,10+,12-,14+,15+/m0/s1. The van der Waals surface area contributed by atoms with E-state index in [0.717, 1.165) is 19.4 Å². The minimum atomic E-state index is -1.11. The second kappa shape index (κ2) is 6.29. The highest BCUT2D eigenvalue weighted by Gasteiger charge is 2.59. The molecule has 1 amide bonds. The number of hydrogen-bond donors (Lipinski definition) is 3. The van der Waals surface area contributed by atoms with Gasteiger partial charge in [0, 0.05) is 18.5 Å². The van der Waals surface area contributed by atoms with Crippen molar-refractivity contribution in [2.75, 3.05) is 6.54 Å². The van der Waals surface area contributed by atoms with Gasteiger partial charge in [-0.15, -0.1) is 0 Å². The smallest absolute Gasteiger partial charge is 0.352 e. The number of nitrogens with one attached hydrogen (secondary N) is 1. The number of amides is 1. The highest BCUT2D eigenvalue weighted by Crippen LogP contribution is 2.47. The zero-order valence-electron chi connectivity index (χ0n) is 14.8. The van der Waals surface area contributed by atoms with Gasteiger partial charge in [-0.25, -0.2) is 4.79 Å². The SMILES string of the molecule is CC(=N)N1CCC[C@H]1/C=C/C1=C(C(=O)O)N2C(=O)[C@H]([C@@H](C)O)[C@H]2[C@H]1C. The summed E-state index contributed by atoms with van der Waals surface area (Å²) in [6, 6.07) is -0.203. The molecule has 7 nitrogen and oxygen atoms in total. The number of likely N-dealkylation sites (tertiary alicyclic amines) is 1. The first kappa shape index (κ1) is 17.7. The molecule has 3 rings (SSSR count). The Morgan fingerprint density at radius 2 is 2.12 bits per heavy atom. The minimum absolute atomic E-state index is 0.0340. The van der Waals surface area contributed by atoms with Crippen molar-refractivity contribution < 1.29 is 19.8 Å². The van der Waals surface area contributed by atoms with E-state index in [4.69, 9.17) is 5.41 Å². The second-order valence-electron chi connectivity index (χ2n) is 7.21. The average molecular weight is 347 g/mol. The van der Waals surface area contributed by atoms with Gasteiger partial charge >= 0.3 is 5.97 Å². The maximum atomic E-state index is 12.3. The van der Waals surface area contributed by atoms with E-state index in [1.165, 1.54) is 4.90 Å².